The van der Waals surface area contributed by atoms with Crippen molar-refractivity contribution in [2.45, 2.75) is 25.9 Å². The Morgan fingerprint density at radius 3 is 3.08 bits per heavy atom. The minimum atomic E-state index is -0.255. The second-order valence-electron chi connectivity index (χ2n) is 3.83. The van der Waals surface area contributed by atoms with Crippen LogP contribution < -0.4 is 11.1 Å². The molecule has 2 aliphatic rings. The van der Waals surface area contributed by atoms with Crippen molar-refractivity contribution in [2.24, 2.45) is 15.7 Å². The van der Waals surface area contributed by atoms with Crippen molar-refractivity contribution in [3.63, 3.8) is 0 Å². The SMILES string of the molecule is CC1(C)N=C(N)N=C2NCCCN21. The van der Waals surface area contributed by atoms with Crippen LogP contribution in [0.1, 0.15) is 20.3 Å². The third-order valence-corrected chi connectivity index (χ3v) is 2.37. The first-order chi connectivity index (χ1) is 6.09. The number of nitrogens with one attached hydrogen (secondary N) is 1. The second kappa shape index (κ2) is 2.61. The van der Waals surface area contributed by atoms with Crippen molar-refractivity contribution in [3.05, 3.63) is 0 Å². The van der Waals surface area contributed by atoms with Gasteiger partial charge in [0, 0.05) is 13.1 Å². The fourth-order valence-electron chi connectivity index (χ4n) is 1.75. The molecule has 0 unspecified atom stereocenters. The summed E-state index contributed by atoms with van der Waals surface area (Å²) in [6.07, 6.45) is 1.12. The lowest BCUT2D eigenvalue weighted by Crippen LogP contribution is -2.58. The van der Waals surface area contributed by atoms with Gasteiger partial charge < -0.3 is 16.0 Å². The van der Waals surface area contributed by atoms with Crippen LogP contribution in [-0.4, -0.2) is 35.6 Å². The van der Waals surface area contributed by atoms with Crippen molar-refractivity contribution in [1.82, 2.24) is 10.2 Å². The molecule has 3 N–H and O–H groups in total. The molecule has 0 amide bonds. The lowest BCUT2D eigenvalue weighted by Gasteiger charge is -2.42. The van der Waals surface area contributed by atoms with Gasteiger partial charge in [-0.3, -0.25) is 0 Å². The van der Waals surface area contributed by atoms with Gasteiger partial charge in [0.25, 0.3) is 0 Å². The van der Waals surface area contributed by atoms with E-state index in [0.717, 1.165) is 25.5 Å². The Morgan fingerprint density at radius 1 is 1.54 bits per heavy atom. The molecule has 0 aromatic rings. The maximum absolute atomic E-state index is 5.61. The molecule has 0 aliphatic carbocycles. The zero-order valence-electron chi connectivity index (χ0n) is 8.04. The lowest BCUT2D eigenvalue weighted by atomic mass is 10.1. The van der Waals surface area contributed by atoms with Crippen LogP contribution >= 0.6 is 0 Å². The first-order valence-electron chi connectivity index (χ1n) is 4.55. The number of aliphatic imine (C=N–C) groups is 2. The van der Waals surface area contributed by atoms with Gasteiger partial charge >= 0.3 is 0 Å². The Kier molecular flexibility index (Phi) is 1.68. The topological polar surface area (TPSA) is 66.0 Å². The number of hydrogen-bond donors (Lipinski definition) is 2. The number of rotatable bonds is 0. The predicted octanol–water partition coefficient (Wildman–Crippen LogP) is -0.298. The minimum Gasteiger partial charge on any atom is -0.368 e. The van der Waals surface area contributed by atoms with E-state index in [4.69, 9.17) is 5.73 Å². The van der Waals surface area contributed by atoms with Gasteiger partial charge in [-0.05, 0) is 20.3 Å². The van der Waals surface area contributed by atoms with Crippen molar-refractivity contribution >= 4 is 11.9 Å². The fraction of sp³-hybridized carbons (Fsp3) is 0.750. The number of hydrogen-bond acceptors (Lipinski definition) is 5. The standard InChI is InChI=1S/C8H15N5/c1-8(2)12-6(9)11-7-10-4-3-5-13(7)8/h3-5H2,1-2H3,(H3,9,10,11,12). The van der Waals surface area contributed by atoms with E-state index >= 15 is 0 Å². The Hall–Kier alpha value is -1.26. The normalized spacial score (nSPS) is 25.5. The number of nitrogens with zero attached hydrogens (tertiary/aromatic N) is 3. The van der Waals surface area contributed by atoms with Gasteiger partial charge in [0.15, 0.2) is 0 Å². The van der Waals surface area contributed by atoms with Crippen LogP contribution in [0.4, 0.5) is 0 Å². The van der Waals surface area contributed by atoms with Gasteiger partial charge in [-0.1, -0.05) is 0 Å². The van der Waals surface area contributed by atoms with E-state index < -0.39 is 0 Å². The maximum Gasteiger partial charge on any atom is 0.220 e. The molecule has 0 bridgehead atoms. The molecular weight excluding hydrogens is 166 g/mol. The van der Waals surface area contributed by atoms with Crippen LogP contribution in [0.2, 0.25) is 0 Å². The van der Waals surface area contributed by atoms with Gasteiger partial charge in [-0.2, -0.15) is 4.99 Å². The minimum absolute atomic E-state index is 0.255. The summed E-state index contributed by atoms with van der Waals surface area (Å²) in [5, 5.41) is 3.22. The summed E-state index contributed by atoms with van der Waals surface area (Å²) in [6.45, 7) is 6.05. The van der Waals surface area contributed by atoms with Crippen LogP contribution in [-0.2, 0) is 0 Å². The van der Waals surface area contributed by atoms with Crippen LogP contribution in [0, 0.1) is 0 Å². The monoisotopic (exact) mass is 181 g/mol. The van der Waals surface area contributed by atoms with Gasteiger partial charge in [-0.25, -0.2) is 4.99 Å². The molecule has 0 spiro atoms. The quantitative estimate of drug-likeness (QED) is 0.539. The Bertz CT molecular complexity index is 278. The van der Waals surface area contributed by atoms with Crippen LogP contribution in [0.3, 0.4) is 0 Å². The van der Waals surface area contributed by atoms with E-state index in [2.05, 4.69) is 20.2 Å². The first kappa shape index (κ1) is 8.34. The van der Waals surface area contributed by atoms with Gasteiger partial charge in [0.1, 0.15) is 5.66 Å². The summed E-state index contributed by atoms with van der Waals surface area (Å²) in [5.41, 5.74) is 5.36. The Labute approximate surface area is 77.7 Å². The molecule has 1 fully saturated rings. The summed E-state index contributed by atoms with van der Waals surface area (Å²) < 4.78 is 0. The summed E-state index contributed by atoms with van der Waals surface area (Å²) >= 11 is 0. The molecule has 72 valence electrons. The van der Waals surface area contributed by atoms with Crippen molar-refractivity contribution in [1.29, 1.82) is 0 Å². The van der Waals surface area contributed by atoms with E-state index in [9.17, 15) is 0 Å². The highest BCUT2D eigenvalue weighted by Crippen LogP contribution is 2.21. The molecule has 0 radical (unpaired) electrons. The van der Waals surface area contributed by atoms with E-state index in [1.165, 1.54) is 0 Å². The van der Waals surface area contributed by atoms with E-state index in [-0.39, 0.29) is 5.66 Å². The van der Waals surface area contributed by atoms with Crippen LogP contribution in [0.15, 0.2) is 9.98 Å². The zero-order chi connectivity index (χ0) is 9.47. The third kappa shape index (κ3) is 1.34. The molecular formula is C8H15N5. The van der Waals surface area contributed by atoms with Crippen molar-refractivity contribution in [3.8, 4) is 0 Å². The maximum atomic E-state index is 5.61. The predicted molar refractivity (Wildman–Crippen MR) is 52.5 cm³/mol. The number of guanidine groups is 2. The van der Waals surface area contributed by atoms with Crippen LogP contribution in [0.25, 0.3) is 0 Å². The highest BCUT2D eigenvalue weighted by atomic mass is 15.4. The molecule has 0 aromatic carbocycles. The largest absolute Gasteiger partial charge is 0.368 e. The molecule has 13 heavy (non-hydrogen) atoms. The molecule has 5 nitrogen and oxygen atoms in total. The Morgan fingerprint density at radius 2 is 2.31 bits per heavy atom. The average Bonchev–Trinajstić information content (AvgIpc) is 2.02. The number of fused-ring (bicyclic) bond motifs is 1. The molecule has 5 heteroatoms. The van der Waals surface area contributed by atoms with Gasteiger partial charge in [0.05, 0.1) is 0 Å². The third-order valence-electron chi connectivity index (χ3n) is 2.37. The van der Waals surface area contributed by atoms with Crippen molar-refractivity contribution in [2.75, 3.05) is 13.1 Å². The second-order valence-corrected chi connectivity index (χ2v) is 3.83. The Balaban J connectivity index is 2.33. The highest BCUT2D eigenvalue weighted by molar-refractivity contribution is 5.96. The van der Waals surface area contributed by atoms with E-state index in [1.54, 1.807) is 0 Å². The molecule has 2 aliphatic heterocycles. The summed E-state index contributed by atoms with van der Waals surface area (Å²) in [6, 6.07) is 0. The van der Waals surface area contributed by atoms with Gasteiger partial charge in [-0.15, -0.1) is 0 Å². The summed E-state index contributed by atoms with van der Waals surface area (Å²) in [4.78, 5) is 10.6. The fourth-order valence-corrected chi connectivity index (χ4v) is 1.75. The highest BCUT2D eigenvalue weighted by Gasteiger charge is 2.33. The smallest absolute Gasteiger partial charge is 0.220 e. The molecule has 0 aromatic heterocycles. The van der Waals surface area contributed by atoms with Crippen molar-refractivity contribution < 1.29 is 0 Å². The molecule has 2 rings (SSSR count). The molecule has 1 saturated heterocycles. The summed E-state index contributed by atoms with van der Waals surface area (Å²) in [7, 11) is 0. The van der Waals surface area contributed by atoms with Crippen LogP contribution in [0.5, 0.6) is 0 Å². The first-order valence-corrected chi connectivity index (χ1v) is 4.55. The molecule has 2 heterocycles. The van der Waals surface area contributed by atoms with E-state index in [1.807, 2.05) is 13.8 Å². The zero-order valence-corrected chi connectivity index (χ0v) is 8.04. The molecule has 0 atom stereocenters. The molecule has 0 saturated carbocycles. The average molecular weight is 181 g/mol. The summed E-state index contributed by atoms with van der Waals surface area (Å²) in [5.74, 6) is 1.23. The number of nitrogens with two attached hydrogens (primary N) is 1. The van der Waals surface area contributed by atoms with E-state index in [0.29, 0.717) is 5.96 Å². The lowest BCUT2D eigenvalue weighted by molar-refractivity contribution is 0.198. The van der Waals surface area contributed by atoms with Gasteiger partial charge in [0.2, 0.25) is 11.9 Å².